The monoisotopic (exact) mass is 594 g/mol. The lowest BCUT2D eigenvalue weighted by atomic mass is 10.1. The minimum absolute atomic E-state index is 0. The number of nitrogens with one attached hydrogen (secondary N) is 2. The number of fused-ring (bicyclic) bond motifs is 1. The van der Waals surface area contributed by atoms with Gasteiger partial charge in [-0.15, -0.1) is 24.8 Å². The number of unbranched alkanes of at least 4 members (excludes halogenated alkanes) is 1. The summed E-state index contributed by atoms with van der Waals surface area (Å²) in [6, 6.07) is 10.7. The fourth-order valence-corrected chi connectivity index (χ4v) is 5.45. The molecule has 2 fully saturated rings. The van der Waals surface area contributed by atoms with Gasteiger partial charge < -0.3 is 29.7 Å². The maximum Gasteiger partial charge on any atom is 0.321 e. The highest BCUT2D eigenvalue weighted by Gasteiger charge is 2.22. The molecule has 0 saturated carbocycles. The van der Waals surface area contributed by atoms with Crippen molar-refractivity contribution < 1.29 is 13.9 Å². The Morgan fingerprint density at radius 1 is 0.975 bits per heavy atom. The number of halogens is 3. The first-order chi connectivity index (χ1) is 18.5. The third-order valence-electron chi connectivity index (χ3n) is 7.83. The maximum absolute atomic E-state index is 13.6. The van der Waals surface area contributed by atoms with Crippen LogP contribution < -0.4 is 15.0 Å². The quantitative estimate of drug-likeness (QED) is 0.356. The molecule has 2 saturated heterocycles. The van der Waals surface area contributed by atoms with Gasteiger partial charge in [0.25, 0.3) is 0 Å². The van der Waals surface area contributed by atoms with Gasteiger partial charge in [-0.25, -0.2) is 9.18 Å². The van der Waals surface area contributed by atoms with Crippen LogP contribution in [0.1, 0.15) is 18.4 Å². The largest absolute Gasteiger partial charge is 0.495 e. The molecule has 220 valence electrons. The summed E-state index contributed by atoms with van der Waals surface area (Å²) in [6.45, 7) is 8.09. The van der Waals surface area contributed by atoms with Gasteiger partial charge >= 0.3 is 6.03 Å². The Bertz CT molecular complexity index is 1240. The van der Waals surface area contributed by atoms with Crippen LogP contribution >= 0.6 is 24.8 Å². The summed E-state index contributed by atoms with van der Waals surface area (Å²) in [5.41, 5.74) is 3.99. The van der Waals surface area contributed by atoms with Gasteiger partial charge in [-0.3, -0.25) is 4.90 Å². The molecule has 8 nitrogen and oxygen atoms in total. The van der Waals surface area contributed by atoms with E-state index in [9.17, 15) is 9.18 Å². The number of aryl methyl sites for hydroxylation is 1. The first-order valence-corrected chi connectivity index (χ1v) is 13.7. The van der Waals surface area contributed by atoms with Gasteiger partial charge in [0, 0.05) is 75.1 Å². The van der Waals surface area contributed by atoms with Crippen molar-refractivity contribution in [1.82, 2.24) is 19.7 Å². The third kappa shape index (κ3) is 7.72. The second-order valence-electron chi connectivity index (χ2n) is 10.4. The van der Waals surface area contributed by atoms with E-state index in [0.29, 0.717) is 0 Å². The van der Waals surface area contributed by atoms with Crippen LogP contribution in [-0.4, -0.2) is 98.8 Å². The van der Waals surface area contributed by atoms with Gasteiger partial charge in [-0.1, -0.05) is 0 Å². The minimum atomic E-state index is -0.192. The molecule has 0 unspecified atom stereocenters. The number of methoxy groups -OCH3 is 1. The van der Waals surface area contributed by atoms with E-state index in [2.05, 4.69) is 32.0 Å². The van der Waals surface area contributed by atoms with Crippen molar-refractivity contribution in [2.45, 2.75) is 19.3 Å². The number of hydrogen-bond donors (Lipinski definition) is 2. The molecule has 2 aliphatic rings. The minimum Gasteiger partial charge on any atom is -0.495 e. The average molecular weight is 596 g/mol. The lowest BCUT2D eigenvalue weighted by molar-refractivity contribution is 0.146. The molecule has 2 N–H and O–H groups in total. The topological polar surface area (TPSA) is 67.1 Å². The smallest absolute Gasteiger partial charge is 0.321 e. The number of hydrogen-bond acceptors (Lipinski definition) is 5. The van der Waals surface area contributed by atoms with Crippen molar-refractivity contribution in [3.63, 3.8) is 0 Å². The van der Waals surface area contributed by atoms with Gasteiger partial charge in [-0.05, 0) is 74.8 Å². The molecule has 3 heterocycles. The van der Waals surface area contributed by atoms with Crippen LogP contribution in [0.15, 0.2) is 42.6 Å². The molecule has 2 amide bonds. The molecule has 2 aliphatic heterocycles. The Kier molecular flexibility index (Phi) is 11.7. The Labute approximate surface area is 248 Å². The summed E-state index contributed by atoms with van der Waals surface area (Å²) in [5, 5.41) is 4.08. The van der Waals surface area contributed by atoms with Crippen LogP contribution in [0.3, 0.4) is 0 Å². The fraction of sp³-hybridized carbons (Fsp3) is 0.483. The molecule has 0 spiro atoms. The second kappa shape index (κ2) is 14.8. The van der Waals surface area contributed by atoms with Crippen molar-refractivity contribution in [1.29, 1.82) is 0 Å². The fourth-order valence-electron chi connectivity index (χ4n) is 5.45. The number of benzene rings is 2. The number of piperazine rings is 2. The van der Waals surface area contributed by atoms with E-state index in [1.807, 2.05) is 29.3 Å². The van der Waals surface area contributed by atoms with E-state index >= 15 is 0 Å². The molecular weight excluding hydrogens is 554 g/mol. The molecular formula is C29H41Cl2FN6O2. The molecule has 3 aromatic rings. The number of aromatic nitrogens is 1. The predicted molar refractivity (Wildman–Crippen MR) is 165 cm³/mol. The zero-order chi connectivity index (χ0) is 26.5. The number of likely N-dealkylation sites (N-methyl/N-ethyl adjacent to an activating group) is 1. The van der Waals surface area contributed by atoms with Gasteiger partial charge in [0.15, 0.2) is 0 Å². The van der Waals surface area contributed by atoms with Crippen molar-refractivity contribution in [3.05, 3.63) is 54.0 Å². The normalized spacial score (nSPS) is 16.4. The first kappa shape index (κ1) is 31.8. The predicted octanol–water partition coefficient (Wildman–Crippen LogP) is 5.08. The number of carbonyl (C=O) groups excluding carboxylic acids is 1. The lowest BCUT2D eigenvalue weighted by Gasteiger charge is -2.35. The Morgan fingerprint density at radius 2 is 1.73 bits per heavy atom. The maximum atomic E-state index is 13.6. The highest BCUT2D eigenvalue weighted by atomic mass is 35.5. The Hall–Kier alpha value is -2.72. The van der Waals surface area contributed by atoms with Crippen molar-refractivity contribution >= 4 is 53.1 Å². The Morgan fingerprint density at radius 3 is 2.45 bits per heavy atom. The van der Waals surface area contributed by atoms with E-state index in [1.54, 1.807) is 19.2 Å². The van der Waals surface area contributed by atoms with Crippen LogP contribution in [0.5, 0.6) is 5.75 Å². The number of rotatable bonds is 8. The summed E-state index contributed by atoms with van der Waals surface area (Å²) < 4.78 is 19.2. The van der Waals surface area contributed by atoms with Crippen molar-refractivity contribution in [3.8, 4) is 5.75 Å². The second-order valence-corrected chi connectivity index (χ2v) is 10.4. The van der Waals surface area contributed by atoms with E-state index in [0.717, 1.165) is 106 Å². The summed E-state index contributed by atoms with van der Waals surface area (Å²) in [6.07, 6.45) is 5.06. The molecule has 1 aromatic heterocycles. The summed E-state index contributed by atoms with van der Waals surface area (Å²) in [4.78, 5) is 25.2. The number of ether oxygens (including phenoxy) is 1. The summed E-state index contributed by atoms with van der Waals surface area (Å²) in [5.74, 6) is 0.640. The summed E-state index contributed by atoms with van der Waals surface area (Å²) >= 11 is 0. The number of H-pyrrole nitrogens is 1. The number of urea groups is 1. The van der Waals surface area contributed by atoms with E-state index in [1.165, 1.54) is 11.6 Å². The molecule has 0 aliphatic carbocycles. The lowest BCUT2D eigenvalue weighted by Crippen LogP contribution is -2.50. The molecule has 0 atom stereocenters. The molecule has 2 aromatic carbocycles. The van der Waals surface area contributed by atoms with Gasteiger partial charge in [0.05, 0.1) is 12.8 Å². The van der Waals surface area contributed by atoms with Gasteiger partial charge in [0.1, 0.15) is 11.6 Å². The number of amides is 2. The molecule has 40 heavy (non-hydrogen) atoms. The van der Waals surface area contributed by atoms with E-state index in [4.69, 9.17) is 4.74 Å². The van der Waals surface area contributed by atoms with E-state index in [-0.39, 0.29) is 36.7 Å². The van der Waals surface area contributed by atoms with Gasteiger partial charge in [-0.2, -0.15) is 0 Å². The van der Waals surface area contributed by atoms with Crippen LogP contribution in [-0.2, 0) is 6.42 Å². The SMILES string of the molecule is COc1ccc(NC(=O)N2CCN(CCCCc3c[nH]c4ccc(F)cc34)CC2)cc1N1CCN(C)CC1.Cl.Cl. The number of carbonyl (C=O) groups is 1. The zero-order valence-electron chi connectivity index (χ0n) is 23.3. The average Bonchev–Trinajstić information content (AvgIpc) is 3.33. The van der Waals surface area contributed by atoms with Crippen molar-refractivity contribution in [2.75, 3.05) is 83.3 Å². The third-order valence-corrected chi connectivity index (χ3v) is 7.83. The van der Waals surface area contributed by atoms with Crippen LogP contribution in [0.2, 0.25) is 0 Å². The highest BCUT2D eigenvalue weighted by Crippen LogP contribution is 2.32. The highest BCUT2D eigenvalue weighted by molar-refractivity contribution is 5.90. The Balaban J connectivity index is 0.00000220. The number of nitrogens with zero attached hydrogens (tertiary/aromatic N) is 4. The summed E-state index contributed by atoms with van der Waals surface area (Å²) in [7, 11) is 3.83. The van der Waals surface area contributed by atoms with Crippen LogP contribution in [0.25, 0.3) is 10.9 Å². The van der Waals surface area contributed by atoms with Crippen molar-refractivity contribution in [2.24, 2.45) is 0 Å². The number of aromatic amines is 1. The zero-order valence-corrected chi connectivity index (χ0v) is 25.0. The van der Waals surface area contributed by atoms with Crippen LogP contribution in [0, 0.1) is 5.82 Å². The standard InChI is InChI=1S/C29H39FN6O2.2ClH/c1-33-11-15-35(16-12-33)27-20-24(7-9-28(27)38-2)32-29(37)36-17-13-34(14-18-36)10-4-3-5-22-21-31-26-8-6-23(30)19-25(22)26;;/h6-9,19-21,31H,3-5,10-18H2,1-2H3,(H,32,37);2*1H. The molecule has 5 rings (SSSR count). The van der Waals surface area contributed by atoms with Gasteiger partial charge in [0.2, 0.25) is 0 Å². The first-order valence-electron chi connectivity index (χ1n) is 13.7. The molecule has 0 bridgehead atoms. The molecule has 11 heteroatoms. The molecule has 0 radical (unpaired) electrons. The number of anilines is 2. The van der Waals surface area contributed by atoms with Crippen LogP contribution in [0.4, 0.5) is 20.6 Å². The van der Waals surface area contributed by atoms with E-state index < -0.39 is 0 Å².